The number of H-pyrrole nitrogens is 1. The van der Waals surface area contributed by atoms with Gasteiger partial charge in [0.15, 0.2) is 5.82 Å². The number of likely N-dealkylation sites (tertiary alicyclic amines) is 1. The van der Waals surface area contributed by atoms with Crippen LogP contribution in [0.2, 0.25) is 0 Å². The fourth-order valence-corrected chi connectivity index (χ4v) is 2.92. The Balaban J connectivity index is 1.60. The van der Waals surface area contributed by atoms with Crippen molar-refractivity contribution < 1.29 is 14.3 Å². The fourth-order valence-electron chi connectivity index (χ4n) is 2.92. The zero-order valence-electron chi connectivity index (χ0n) is 14.1. The van der Waals surface area contributed by atoms with Gasteiger partial charge in [0.25, 0.3) is 0 Å². The monoisotopic (exact) mass is 343 g/mol. The van der Waals surface area contributed by atoms with E-state index in [-0.39, 0.29) is 12.5 Å². The van der Waals surface area contributed by atoms with Crippen molar-refractivity contribution in [2.24, 2.45) is 0 Å². The van der Waals surface area contributed by atoms with Gasteiger partial charge in [0.1, 0.15) is 11.9 Å². The highest BCUT2D eigenvalue weighted by molar-refractivity contribution is 5.85. The van der Waals surface area contributed by atoms with Crippen LogP contribution in [0, 0.1) is 0 Å². The topological polar surface area (TPSA) is 100 Å². The molecule has 2 aromatic rings. The lowest BCUT2D eigenvalue weighted by Gasteiger charge is -2.33. The third-order valence-electron chi connectivity index (χ3n) is 4.21. The van der Waals surface area contributed by atoms with Crippen LogP contribution in [0.25, 0.3) is 11.4 Å². The molecule has 132 valence electrons. The molecule has 2 amide bonds. The van der Waals surface area contributed by atoms with Gasteiger partial charge in [-0.1, -0.05) is 30.3 Å². The summed E-state index contributed by atoms with van der Waals surface area (Å²) in [7, 11) is 1.32. The summed E-state index contributed by atoms with van der Waals surface area (Å²) in [5.41, 5.74) is 0.903. The molecule has 0 spiro atoms. The molecule has 0 bridgehead atoms. The molecule has 3 rings (SSSR count). The summed E-state index contributed by atoms with van der Waals surface area (Å²) in [6.07, 6.45) is 1.95. The van der Waals surface area contributed by atoms with Crippen molar-refractivity contribution in [3.05, 3.63) is 36.2 Å². The lowest BCUT2D eigenvalue weighted by Crippen LogP contribution is -2.51. The minimum absolute atomic E-state index is 0.206. The van der Waals surface area contributed by atoms with Crippen molar-refractivity contribution in [1.29, 1.82) is 0 Å². The largest absolute Gasteiger partial charge is 0.453 e. The summed E-state index contributed by atoms with van der Waals surface area (Å²) in [5, 5.41) is 9.81. The number of carbonyl (C=O) groups is 2. The maximum Gasteiger partial charge on any atom is 0.410 e. The van der Waals surface area contributed by atoms with Crippen molar-refractivity contribution in [2.45, 2.75) is 31.8 Å². The smallest absolute Gasteiger partial charge is 0.410 e. The van der Waals surface area contributed by atoms with E-state index in [1.165, 1.54) is 12.0 Å². The lowest BCUT2D eigenvalue weighted by molar-refractivity contribution is -0.127. The molecule has 1 fully saturated rings. The predicted octanol–water partition coefficient (Wildman–Crippen LogP) is 1.71. The first-order valence-corrected chi connectivity index (χ1v) is 8.28. The summed E-state index contributed by atoms with van der Waals surface area (Å²) in [5.74, 6) is 0.939. The average Bonchev–Trinajstić information content (AvgIpc) is 3.15. The van der Waals surface area contributed by atoms with Gasteiger partial charge < -0.3 is 10.1 Å². The van der Waals surface area contributed by atoms with E-state index in [1.54, 1.807) is 0 Å². The quantitative estimate of drug-likeness (QED) is 0.880. The van der Waals surface area contributed by atoms with Gasteiger partial charge in [0.05, 0.1) is 13.7 Å². The van der Waals surface area contributed by atoms with Gasteiger partial charge in [-0.05, 0) is 19.3 Å². The normalized spacial score (nSPS) is 17.2. The van der Waals surface area contributed by atoms with Crippen LogP contribution in [0.4, 0.5) is 4.79 Å². The SMILES string of the molecule is COC(=O)N1CCCC[C@H]1C(=O)NCc1nc(-c2ccccc2)n[nH]1. The van der Waals surface area contributed by atoms with E-state index in [0.717, 1.165) is 18.4 Å². The third kappa shape index (κ3) is 3.96. The van der Waals surface area contributed by atoms with Gasteiger partial charge in [0.2, 0.25) is 5.91 Å². The predicted molar refractivity (Wildman–Crippen MR) is 90.4 cm³/mol. The highest BCUT2D eigenvalue weighted by Crippen LogP contribution is 2.18. The average molecular weight is 343 g/mol. The van der Waals surface area contributed by atoms with Crippen LogP contribution in [-0.4, -0.2) is 51.8 Å². The van der Waals surface area contributed by atoms with Gasteiger partial charge >= 0.3 is 6.09 Å². The van der Waals surface area contributed by atoms with E-state index >= 15 is 0 Å². The number of aromatic amines is 1. The molecule has 1 aromatic carbocycles. The van der Waals surface area contributed by atoms with Crippen molar-refractivity contribution in [3.63, 3.8) is 0 Å². The van der Waals surface area contributed by atoms with E-state index < -0.39 is 12.1 Å². The van der Waals surface area contributed by atoms with E-state index in [1.807, 2.05) is 30.3 Å². The summed E-state index contributed by atoms with van der Waals surface area (Å²) in [4.78, 5) is 30.1. The Labute approximate surface area is 145 Å². The molecular weight excluding hydrogens is 322 g/mol. The maximum atomic E-state index is 12.5. The van der Waals surface area contributed by atoms with Gasteiger partial charge in [-0.2, -0.15) is 5.10 Å². The Morgan fingerprint density at radius 2 is 2.12 bits per heavy atom. The van der Waals surface area contributed by atoms with Gasteiger partial charge in [-0.25, -0.2) is 9.78 Å². The number of hydrogen-bond acceptors (Lipinski definition) is 5. The Bertz CT molecular complexity index is 731. The summed E-state index contributed by atoms with van der Waals surface area (Å²) in [6.45, 7) is 0.759. The molecule has 0 aliphatic carbocycles. The molecule has 1 aromatic heterocycles. The van der Waals surface area contributed by atoms with E-state index in [2.05, 4.69) is 20.5 Å². The molecule has 1 atom stereocenters. The molecule has 1 saturated heterocycles. The number of nitrogens with zero attached hydrogens (tertiary/aromatic N) is 3. The Hall–Kier alpha value is -2.90. The second kappa shape index (κ2) is 7.78. The Morgan fingerprint density at radius 1 is 1.32 bits per heavy atom. The first-order chi connectivity index (χ1) is 12.2. The van der Waals surface area contributed by atoms with E-state index in [0.29, 0.717) is 24.6 Å². The van der Waals surface area contributed by atoms with Crippen LogP contribution in [0.5, 0.6) is 0 Å². The van der Waals surface area contributed by atoms with Crippen LogP contribution < -0.4 is 5.32 Å². The molecule has 2 N–H and O–H groups in total. The van der Waals surface area contributed by atoms with E-state index in [4.69, 9.17) is 4.74 Å². The Kier molecular flexibility index (Phi) is 5.27. The molecule has 1 aliphatic rings. The molecule has 0 saturated carbocycles. The number of nitrogens with one attached hydrogen (secondary N) is 2. The number of piperidine rings is 1. The van der Waals surface area contributed by atoms with Crippen LogP contribution in [-0.2, 0) is 16.1 Å². The minimum atomic E-state index is -0.502. The number of amides is 2. The molecule has 0 unspecified atom stereocenters. The van der Waals surface area contributed by atoms with Crippen LogP contribution >= 0.6 is 0 Å². The molecule has 8 nitrogen and oxygen atoms in total. The number of ether oxygens (including phenoxy) is 1. The van der Waals surface area contributed by atoms with Crippen molar-refractivity contribution in [3.8, 4) is 11.4 Å². The van der Waals surface area contributed by atoms with Gasteiger partial charge in [-0.3, -0.25) is 14.8 Å². The van der Waals surface area contributed by atoms with Gasteiger partial charge in [-0.15, -0.1) is 0 Å². The van der Waals surface area contributed by atoms with Crippen LogP contribution in [0.15, 0.2) is 30.3 Å². The lowest BCUT2D eigenvalue weighted by atomic mass is 10.0. The molecule has 2 heterocycles. The number of hydrogen-bond donors (Lipinski definition) is 2. The summed E-state index contributed by atoms with van der Waals surface area (Å²) in [6, 6.07) is 9.09. The number of rotatable bonds is 4. The second-order valence-corrected chi connectivity index (χ2v) is 5.86. The number of carbonyl (C=O) groups excluding carboxylic acids is 2. The summed E-state index contributed by atoms with van der Waals surface area (Å²) < 4.78 is 4.76. The highest BCUT2D eigenvalue weighted by atomic mass is 16.5. The summed E-state index contributed by atoms with van der Waals surface area (Å²) >= 11 is 0. The molecular formula is C17H21N5O3. The van der Waals surface area contributed by atoms with Crippen molar-refractivity contribution in [1.82, 2.24) is 25.4 Å². The maximum absolute atomic E-state index is 12.5. The Morgan fingerprint density at radius 3 is 2.88 bits per heavy atom. The van der Waals surface area contributed by atoms with Crippen molar-refractivity contribution in [2.75, 3.05) is 13.7 Å². The molecule has 1 aliphatic heterocycles. The first kappa shape index (κ1) is 16.9. The van der Waals surface area contributed by atoms with Crippen molar-refractivity contribution >= 4 is 12.0 Å². The minimum Gasteiger partial charge on any atom is -0.453 e. The third-order valence-corrected chi connectivity index (χ3v) is 4.21. The molecule has 8 heteroatoms. The number of methoxy groups -OCH3 is 1. The number of aromatic nitrogens is 3. The molecule has 25 heavy (non-hydrogen) atoms. The fraction of sp³-hybridized carbons (Fsp3) is 0.412. The van der Waals surface area contributed by atoms with Crippen LogP contribution in [0.3, 0.4) is 0 Å². The molecule has 0 radical (unpaired) electrons. The van der Waals surface area contributed by atoms with Gasteiger partial charge in [0, 0.05) is 12.1 Å². The van der Waals surface area contributed by atoms with E-state index in [9.17, 15) is 9.59 Å². The first-order valence-electron chi connectivity index (χ1n) is 8.28. The standard InChI is InChI=1S/C17H21N5O3/c1-25-17(24)22-10-6-5-9-13(22)16(23)18-11-14-19-15(21-20-14)12-7-3-2-4-8-12/h2-4,7-8,13H,5-6,9-11H2,1H3,(H,18,23)(H,19,20,21)/t13-/m0/s1. The zero-order chi connectivity index (χ0) is 17.6. The zero-order valence-corrected chi connectivity index (χ0v) is 14.1. The highest BCUT2D eigenvalue weighted by Gasteiger charge is 2.32. The van der Waals surface area contributed by atoms with Crippen LogP contribution in [0.1, 0.15) is 25.1 Å². The number of benzene rings is 1. The second-order valence-electron chi connectivity index (χ2n) is 5.86.